The molecule has 0 spiro atoms. The van der Waals surface area contributed by atoms with Gasteiger partial charge in [0.25, 0.3) is 0 Å². The van der Waals surface area contributed by atoms with E-state index in [-0.39, 0.29) is 6.10 Å². The molecule has 1 unspecified atom stereocenters. The van der Waals surface area contributed by atoms with E-state index in [1.165, 1.54) is 11.1 Å². The normalized spacial score (nSPS) is 25.2. The molecule has 104 valence electrons. The third kappa shape index (κ3) is 2.99. The van der Waals surface area contributed by atoms with Gasteiger partial charge in [0.05, 0.1) is 18.3 Å². The summed E-state index contributed by atoms with van der Waals surface area (Å²) in [5.41, 5.74) is 2.23. The van der Waals surface area contributed by atoms with Crippen LogP contribution in [0.15, 0.2) is 24.3 Å². The van der Waals surface area contributed by atoms with E-state index in [4.69, 9.17) is 4.74 Å². The van der Waals surface area contributed by atoms with Gasteiger partial charge >= 0.3 is 0 Å². The number of rotatable bonds is 4. The molecule has 1 aromatic rings. The number of nitrogens with one attached hydrogen (secondary N) is 1. The number of fused-ring (bicyclic) bond motifs is 1. The predicted molar refractivity (Wildman–Crippen MR) is 75.1 cm³/mol. The summed E-state index contributed by atoms with van der Waals surface area (Å²) in [4.78, 5) is 0. The van der Waals surface area contributed by atoms with Gasteiger partial charge in [-0.3, -0.25) is 0 Å². The maximum absolute atomic E-state index is 10.3. The second-order valence-corrected chi connectivity index (χ2v) is 5.87. The Morgan fingerprint density at radius 3 is 2.89 bits per heavy atom. The SMILES string of the molecule is OC1(CNCC2OCCc3ccccc32)CCCC1. The van der Waals surface area contributed by atoms with Gasteiger partial charge in [0, 0.05) is 13.1 Å². The Labute approximate surface area is 115 Å². The molecule has 3 heteroatoms. The van der Waals surface area contributed by atoms with Gasteiger partial charge in [0.1, 0.15) is 0 Å². The smallest absolute Gasteiger partial charge is 0.0952 e. The molecule has 1 heterocycles. The minimum atomic E-state index is -0.478. The van der Waals surface area contributed by atoms with Crippen LogP contribution in [0.2, 0.25) is 0 Å². The number of hydrogen-bond acceptors (Lipinski definition) is 3. The summed E-state index contributed by atoms with van der Waals surface area (Å²) in [6, 6.07) is 8.52. The van der Waals surface area contributed by atoms with Crippen molar-refractivity contribution in [3.63, 3.8) is 0 Å². The zero-order chi connectivity index (χ0) is 13.1. The van der Waals surface area contributed by atoms with Crippen LogP contribution in [-0.2, 0) is 11.2 Å². The van der Waals surface area contributed by atoms with Crippen molar-refractivity contribution in [2.45, 2.75) is 43.8 Å². The molecule has 2 N–H and O–H groups in total. The van der Waals surface area contributed by atoms with E-state index < -0.39 is 5.60 Å². The predicted octanol–water partition coefficient (Wildman–Crippen LogP) is 2.20. The van der Waals surface area contributed by atoms with Gasteiger partial charge in [0.2, 0.25) is 0 Å². The van der Waals surface area contributed by atoms with E-state index >= 15 is 0 Å². The van der Waals surface area contributed by atoms with E-state index in [1.807, 2.05) is 0 Å². The Kier molecular flexibility index (Phi) is 3.87. The minimum Gasteiger partial charge on any atom is -0.389 e. The molecular formula is C16H23NO2. The van der Waals surface area contributed by atoms with E-state index in [1.54, 1.807) is 0 Å². The standard InChI is InChI=1S/C16H23NO2/c18-16(8-3-4-9-16)12-17-11-15-14-6-2-1-5-13(14)7-10-19-15/h1-2,5-6,15,17-18H,3-4,7-12H2. The van der Waals surface area contributed by atoms with Crippen LogP contribution in [0.25, 0.3) is 0 Å². The summed E-state index contributed by atoms with van der Waals surface area (Å²) < 4.78 is 5.86. The largest absolute Gasteiger partial charge is 0.389 e. The molecule has 0 amide bonds. The van der Waals surface area contributed by atoms with Crippen LogP contribution in [0.1, 0.15) is 42.9 Å². The first-order chi connectivity index (χ1) is 9.27. The zero-order valence-corrected chi connectivity index (χ0v) is 11.4. The molecule has 0 radical (unpaired) electrons. The van der Waals surface area contributed by atoms with Crippen LogP contribution in [0.4, 0.5) is 0 Å². The van der Waals surface area contributed by atoms with E-state index in [9.17, 15) is 5.11 Å². The summed E-state index contributed by atoms with van der Waals surface area (Å²) in [7, 11) is 0. The average Bonchev–Trinajstić information content (AvgIpc) is 2.86. The van der Waals surface area contributed by atoms with Gasteiger partial charge in [-0.25, -0.2) is 0 Å². The summed E-state index contributed by atoms with van der Waals surface area (Å²) in [6.45, 7) is 2.28. The summed E-state index contributed by atoms with van der Waals surface area (Å²) in [5.74, 6) is 0. The van der Waals surface area contributed by atoms with Crippen LogP contribution in [-0.4, -0.2) is 30.4 Å². The molecule has 1 fully saturated rings. The van der Waals surface area contributed by atoms with Crippen molar-refractivity contribution < 1.29 is 9.84 Å². The van der Waals surface area contributed by atoms with Gasteiger partial charge in [-0.2, -0.15) is 0 Å². The molecule has 1 saturated carbocycles. The van der Waals surface area contributed by atoms with Crippen molar-refractivity contribution in [3.8, 4) is 0 Å². The van der Waals surface area contributed by atoms with E-state index in [0.717, 1.165) is 45.3 Å². The Morgan fingerprint density at radius 2 is 2.05 bits per heavy atom. The lowest BCUT2D eigenvalue weighted by Crippen LogP contribution is -2.40. The van der Waals surface area contributed by atoms with E-state index in [2.05, 4.69) is 29.6 Å². The number of ether oxygens (including phenoxy) is 1. The zero-order valence-electron chi connectivity index (χ0n) is 11.4. The van der Waals surface area contributed by atoms with Gasteiger partial charge in [-0.15, -0.1) is 0 Å². The first-order valence-electron chi connectivity index (χ1n) is 7.39. The lowest BCUT2D eigenvalue weighted by atomic mass is 9.97. The molecule has 2 aliphatic rings. The molecular weight excluding hydrogens is 238 g/mol. The second kappa shape index (κ2) is 5.61. The molecule has 1 atom stereocenters. The fourth-order valence-corrected chi connectivity index (χ4v) is 3.29. The first-order valence-corrected chi connectivity index (χ1v) is 7.39. The van der Waals surface area contributed by atoms with Crippen molar-refractivity contribution in [1.29, 1.82) is 0 Å². The fourth-order valence-electron chi connectivity index (χ4n) is 3.29. The summed E-state index contributed by atoms with van der Waals surface area (Å²) in [6.07, 6.45) is 5.32. The van der Waals surface area contributed by atoms with Crippen molar-refractivity contribution in [3.05, 3.63) is 35.4 Å². The van der Waals surface area contributed by atoms with Gasteiger partial charge in [-0.1, -0.05) is 37.1 Å². The molecule has 3 rings (SSSR count). The molecule has 1 aliphatic carbocycles. The highest BCUT2D eigenvalue weighted by Gasteiger charge is 2.31. The average molecular weight is 261 g/mol. The molecule has 0 aromatic heterocycles. The minimum absolute atomic E-state index is 0.134. The van der Waals surface area contributed by atoms with E-state index in [0.29, 0.717) is 6.54 Å². The van der Waals surface area contributed by atoms with Crippen molar-refractivity contribution >= 4 is 0 Å². The van der Waals surface area contributed by atoms with Crippen molar-refractivity contribution in [1.82, 2.24) is 5.32 Å². The van der Waals surface area contributed by atoms with Crippen LogP contribution in [0, 0.1) is 0 Å². The van der Waals surface area contributed by atoms with Crippen LogP contribution in [0.3, 0.4) is 0 Å². The topological polar surface area (TPSA) is 41.5 Å². The quantitative estimate of drug-likeness (QED) is 0.873. The lowest BCUT2D eigenvalue weighted by molar-refractivity contribution is 0.0238. The monoisotopic (exact) mass is 261 g/mol. The highest BCUT2D eigenvalue weighted by molar-refractivity contribution is 5.31. The molecule has 1 aromatic carbocycles. The third-order valence-electron chi connectivity index (χ3n) is 4.41. The Balaban J connectivity index is 1.56. The van der Waals surface area contributed by atoms with Crippen LogP contribution < -0.4 is 5.32 Å². The van der Waals surface area contributed by atoms with Crippen molar-refractivity contribution in [2.75, 3.05) is 19.7 Å². The number of aliphatic hydroxyl groups is 1. The molecule has 19 heavy (non-hydrogen) atoms. The highest BCUT2D eigenvalue weighted by Crippen LogP contribution is 2.29. The molecule has 3 nitrogen and oxygen atoms in total. The molecule has 0 bridgehead atoms. The Bertz CT molecular complexity index is 427. The number of hydrogen-bond donors (Lipinski definition) is 2. The number of benzene rings is 1. The van der Waals surface area contributed by atoms with Gasteiger partial charge in [0.15, 0.2) is 0 Å². The lowest BCUT2D eigenvalue weighted by Gasteiger charge is -2.28. The highest BCUT2D eigenvalue weighted by atomic mass is 16.5. The Morgan fingerprint density at radius 1 is 1.26 bits per heavy atom. The third-order valence-corrected chi connectivity index (χ3v) is 4.41. The molecule has 1 aliphatic heterocycles. The maximum Gasteiger partial charge on any atom is 0.0952 e. The molecule has 0 saturated heterocycles. The summed E-state index contributed by atoms with van der Waals surface area (Å²) in [5, 5.41) is 13.7. The van der Waals surface area contributed by atoms with Crippen LogP contribution >= 0.6 is 0 Å². The second-order valence-electron chi connectivity index (χ2n) is 5.87. The first kappa shape index (κ1) is 13.1. The fraction of sp³-hybridized carbons (Fsp3) is 0.625. The maximum atomic E-state index is 10.3. The van der Waals surface area contributed by atoms with Crippen LogP contribution in [0.5, 0.6) is 0 Å². The van der Waals surface area contributed by atoms with Gasteiger partial charge in [-0.05, 0) is 30.4 Å². The van der Waals surface area contributed by atoms with Gasteiger partial charge < -0.3 is 15.2 Å². The summed E-state index contributed by atoms with van der Waals surface area (Å²) >= 11 is 0. The Hall–Kier alpha value is -0.900. The van der Waals surface area contributed by atoms with Crippen molar-refractivity contribution in [2.24, 2.45) is 0 Å².